The van der Waals surface area contributed by atoms with Gasteiger partial charge in [-0.3, -0.25) is 9.59 Å². The number of amides is 2. The fourth-order valence-electron chi connectivity index (χ4n) is 3.36. The molecule has 154 valence electrons. The van der Waals surface area contributed by atoms with Crippen molar-refractivity contribution in [2.75, 3.05) is 18.4 Å². The molecule has 1 saturated heterocycles. The van der Waals surface area contributed by atoms with Crippen molar-refractivity contribution in [2.24, 2.45) is 0 Å². The number of carbonyl (C=O) groups is 2. The zero-order valence-electron chi connectivity index (χ0n) is 17.3. The summed E-state index contributed by atoms with van der Waals surface area (Å²) in [5.41, 5.74) is 1.89. The molecule has 5 heteroatoms. The van der Waals surface area contributed by atoms with Gasteiger partial charge in [0, 0.05) is 29.9 Å². The number of anilines is 1. The van der Waals surface area contributed by atoms with E-state index in [1.165, 1.54) is 12.8 Å². The Kier molecular flexibility index (Phi) is 7.28. The highest BCUT2D eigenvalue weighted by Gasteiger charge is 2.17. The molecule has 1 atom stereocenters. The van der Waals surface area contributed by atoms with Gasteiger partial charge < -0.3 is 15.0 Å². The first-order valence-corrected chi connectivity index (χ1v) is 10.5. The van der Waals surface area contributed by atoms with E-state index >= 15 is 0 Å². The normalized spacial score (nSPS) is 15.3. The molecule has 0 saturated carbocycles. The van der Waals surface area contributed by atoms with Crippen LogP contribution < -0.4 is 10.1 Å². The van der Waals surface area contributed by atoms with E-state index in [1.54, 1.807) is 36.4 Å². The Labute approximate surface area is 173 Å². The summed E-state index contributed by atoms with van der Waals surface area (Å²) in [4.78, 5) is 27.1. The lowest BCUT2D eigenvalue weighted by molar-refractivity contribution is 0.0761. The van der Waals surface area contributed by atoms with E-state index in [0.717, 1.165) is 38.1 Å². The van der Waals surface area contributed by atoms with Crippen LogP contribution in [0, 0.1) is 0 Å². The largest absolute Gasteiger partial charge is 0.491 e. The number of ether oxygens (including phenoxy) is 1. The summed E-state index contributed by atoms with van der Waals surface area (Å²) in [5.74, 6) is 0.639. The second-order valence-electron chi connectivity index (χ2n) is 7.60. The predicted molar refractivity (Wildman–Crippen MR) is 116 cm³/mol. The van der Waals surface area contributed by atoms with E-state index in [1.807, 2.05) is 24.0 Å². The number of rotatable bonds is 6. The van der Waals surface area contributed by atoms with E-state index in [-0.39, 0.29) is 17.9 Å². The Bertz CT molecular complexity index is 807. The number of nitrogens with one attached hydrogen (secondary N) is 1. The van der Waals surface area contributed by atoms with Crippen molar-refractivity contribution in [1.82, 2.24) is 4.90 Å². The Hall–Kier alpha value is -2.82. The van der Waals surface area contributed by atoms with E-state index in [4.69, 9.17) is 4.74 Å². The van der Waals surface area contributed by atoms with Crippen LogP contribution in [0.1, 0.15) is 66.7 Å². The first-order valence-electron chi connectivity index (χ1n) is 10.5. The van der Waals surface area contributed by atoms with E-state index in [9.17, 15) is 9.59 Å². The van der Waals surface area contributed by atoms with Crippen molar-refractivity contribution in [3.8, 4) is 5.75 Å². The monoisotopic (exact) mass is 394 g/mol. The Morgan fingerprint density at radius 2 is 1.52 bits per heavy atom. The van der Waals surface area contributed by atoms with Gasteiger partial charge in [0.25, 0.3) is 11.8 Å². The highest BCUT2D eigenvalue weighted by atomic mass is 16.5. The van der Waals surface area contributed by atoms with Crippen molar-refractivity contribution in [3.05, 3.63) is 59.7 Å². The van der Waals surface area contributed by atoms with Crippen LogP contribution in [0.15, 0.2) is 48.5 Å². The summed E-state index contributed by atoms with van der Waals surface area (Å²) in [6.45, 7) is 5.74. The molecular formula is C24H30N2O3. The Morgan fingerprint density at radius 3 is 2.10 bits per heavy atom. The molecule has 29 heavy (non-hydrogen) atoms. The molecule has 0 radical (unpaired) electrons. The van der Waals surface area contributed by atoms with Gasteiger partial charge in [-0.05, 0) is 74.7 Å². The summed E-state index contributed by atoms with van der Waals surface area (Å²) >= 11 is 0. The number of hydrogen-bond donors (Lipinski definition) is 1. The standard InChI is InChI=1S/C24H30N2O3/c1-3-18(2)29-22-14-10-19(11-15-22)23(27)25-21-12-8-20(9-13-21)24(28)26-16-6-4-5-7-17-26/h8-15,18H,3-7,16-17H2,1-2H3,(H,25,27). The van der Waals surface area contributed by atoms with Gasteiger partial charge in [0.05, 0.1) is 6.10 Å². The summed E-state index contributed by atoms with van der Waals surface area (Å²) in [5, 5.41) is 2.88. The van der Waals surface area contributed by atoms with Crippen molar-refractivity contribution < 1.29 is 14.3 Å². The summed E-state index contributed by atoms with van der Waals surface area (Å²) < 4.78 is 5.74. The Balaban J connectivity index is 1.58. The molecule has 0 aromatic heterocycles. The molecular weight excluding hydrogens is 364 g/mol. The molecule has 3 rings (SSSR count). The molecule has 1 aliphatic heterocycles. The molecule has 5 nitrogen and oxygen atoms in total. The number of benzene rings is 2. The number of hydrogen-bond acceptors (Lipinski definition) is 3. The van der Waals surface area contributed by atoms with Gasteiger partial charge in [-0.1, -0.05) is 19.8 Å². The van der Waals surface area contributed by atoms with Crippen molar-refractivity contribution in [2.45, 2.75) is 52.1 Å². The second-order valence-corrected chi connectivity index (χ2v) is 7.60. The first kappa shape index (κ1) is 20.9. The third kappa shape index (κ3) is 5.83. The van der Waals surface area contributed by atoms with Crippen molar-refractivity contribution in [1.29, 1.82) is 0 Å². The zero-order valence-corrected chi connectivity index (χ0v) is 17.3. The molecule has 0 bridgehead atoms. The molecule has 1 unspecified atom stereocenters. The molecule has 1 N–H and O–H groups in total. The van der Waals surface area contributed by atoms with Crippen molar-refractivity contribution in [3.63, 3.8) is 0 Å². The van der Waals surface area contributed by atoms with Crippen LogP contribution in [0.5, 0.6) is 5.75 Å². The Morgan fingerprint density at radius 1 is 0.931 bits per heavy atom. The molecule has 1 aliphatic rings. The summed E-state index contributed by atoms with van der Waals surface area (Å²) in [6.07, 6.45) is 5.60. The number of nitrogens with zero attached hydrogens (tertiary/aromatic N) is 1. The van der Waals surface area contributed by atoms with Gasteiger partial charge in [-0.25, -0.2) is 0 Å². The minimum atomic E-state index is -0.188. The van der Waals surface area contributed by atoms with Crippen LogP contribution >= 0.6 is 0 Å². The van der Waals surface area contributed by atoms with E-state index in [2.05, 4.69) is 12.2 Å². The minimum absolute atomic E-state index is 0.0710. The maximum absolute atomic E-state index is 12.7. The highest BCUT2D eigenvalue weighted by molar-refractivity contribution is 6.04. The number of carbonyl (C=O) groups excluding carboxylic acids is 2. The van der Waals surface area contributed by atoms with Gasteiger partial charge in [0.1, 0.15) is 5.75 Å². The molecule has 2 amide bonds. The maximum Gasteiger partial charge on any atom is 0.255 e. The molecule has 1 heterocycles. The van der Waals surface area contributed by atoms with Gasteiger partial charge in [-0.2, -0.15) is 0 Å². The van der Waals surface area contributed by atoms with Crippen molar-refractivity contribution >= 4 is 17.5 Å². The van der Waals surface area contributed by atoms with Crippen LogP contribution in [0.4, 0.5) is 5.69 Å². The molecule has 0 spiro atoms. The lowest BCUT2D eigenvalue weighted by atomic mass is 10.1. The first-order chi connectivity index (χ1) is 14.1. The van der Waals surface area contributed by atoms with E-state index < -0.39 is 0 Å². The molecule has 2 aromatic carbocycles. The lowest BCUT2D eigenvalue weighted by Crippen LogP contribution is -2.31. The van der Waals surface area contributed by atoms with Crippen LogP contribution in [0.2, 0.25) is 0 Å². The third-order valence-corrected chi connectivity index (χ3v) is 5.31. The molecule has 1 fully saturated rings. The van der Waals surface area contributed by atoms with Gasteiger partial charge >= 0.3 is 0 Å². The fourth-order valence-corrected chi connectivity index (χ4v) is 3.36. The van der Waals surface area contributed by atoms with Crippen LogP contribution in [-0.2, 0) is 0 Å². The van der Waals surface area contributed by atoms with Crippen LogP contribution in [0.3, 0.4) is 0 Å². The fraction of sp³-hybridized carbons (Fsp3) is 0.417. The van der Waals surface area contributed by atoms with Gasteiger partial charge in [0.15, 0.2) is 0 Å². The van der Waals surface area contributed by atoms with Gasteiger partial charge in [-0.15, -0.1) is 0 Å². The maximum atomic E-state index is 12.7. The summed E-state index contributed by atoms with van der Waals surface area (Å²) in [7, 11) is 0. The molecule has 0 aliphatic carbocycles. The summed E-state index contributed by atoms with van der Waals surface area (Å²) in [6, 6.07) is 14.3. The zero-order chi connectivity index (χ0) is 20.6. The second kappa shape index (κ2) is 10.1. The average molecular weight is 395 g/mol. The predicted octanol–water partition coefficient (Wildman–Crippen LogP) is 5.13. The smallest absolute Gasteiger partial charge is 0.255 e. The topological polar surface area (TPSA) is 58.6 Å². The van der Waals surface area contributed by atoms with E-state index in [0.29, 0.717) is 16.8 Å². The average Bonchev–Trinajstić information content (AvgIpc) is 3.04. The minimum Gasteiger partial charge on any atom is -0.491 e. The molecule has 2 aromatic rings. The highest BCUT2D eigenvalue weighted by Crippen LogP contribution is 2.18. The van der Waals surface area contributed by atoms with Gasteiger partial charge in [0.2, 0.25) is 0 Å². The van der Waals surface area contributed by atoms with Crippen LogP contribution in [0.25, 0.3) is 0 Å². The van der Waals surface area contributed by atoms with Crippen LogP contribution in [-0.4, -0.2) is 35.9 Å². The SMILES string of the molecule is CCC(C)Oc1ccc(C(=O)Nc2ccc(C(=O)N3CCCCCC3)cc2)cc1. The lowest BCUT2D eigenvalue weighted by Gasteiger charge is -2.20. The third-order valence-electron chi connectivity index (χ3n) is 5.31. The quantitative estimate of drug-likeness (QED) is 0.739. The number of likely N-dealkylation sites (tertiary alicyclic amines) is 1.